The maximum atomic E-state index is 5.50. The summed E-state index contributed by atoms with van der Waals surface area (Å²) in [4.78, 5) is 11.0. The van der Waals surface area contributed by atoms with E-state index in [2.05, 4.69) is 119 Å². The van der Waals surface area contributed by atoms with Crippen LogP contribution in [0.5, 0.6) is 0 Å². The Kier molecular flexibility index (Phi) is 6.43. The third-order valence-corrected chi connectivity index (χ3v) is 9.44. The van der Waals surface area contributed by atoms with E-state index in [0.717, 1.165) is 35.2 Å². The van der Waals surface area contributed by atoms with E-state index in [9.17, 15) is 0 Å². The van der Waals surface area contributed by atoms with Crippen LogP contribution in [0.15, 0.2) is 54.9 Å². The summed E-state index contributed by atoms with van der Waals surface area (Å²) in [6.07, 6.45) is 7.01. The number of unbranched alkanes of at least 4 members (excludes halogenated alkanes) is 2. The average Bonchev–Trinajstić information content (AvgIpc) is 3.30. The van der Waals surface area contributed by atoms with E-state index in [-0.39, 0.29) is 10.8 Å². The minimum absolute atomic E-state index is 0.0266. The summed E-state index contributed by atoms with van der Waals surface area (Å²) in [5, 5.41) is 7.63. The Morgan fingerprint density at radius 1 is 0.674 bits per heavy atom. The van der Waals surface area contributed by atoms with Crippen molar-refractivity contribution in [3.63, 3.8) is 0 Å². The molecule has 7 rings (SSSR count). The molecule has 4 heteroatoms. The van der Waals surface area contributed by atoms with E-state index in [1.807, 2.05) is 0 Å². The lowest BCUT2D eigenvalue weighted by Crippen LogP contribution is -2.32. The molecule has 0 spiro atoms. The van der Waals surface area contributed by atoms with Crippen LogP contribution in [0.1, 0.15) is 92.2 Å². The van der Waals surface area contributed by atoms with E-state index in [1.54, 1.807) is 0 Å². The zero-order valence-electron chi connectivity index (χ0n) is 27.2. The minimum atomic E-state index is 0.0266. The lowest BCUT2D eigenvalue weighted by atomic mass is 9.80. The van der Waals surface area contributed by atoms with Gasteiger partial charge in [0.15, 0.2) is 11.0 Å². The fraction of sp³-hybridized carbons (Fsp3) is 0.410. The Bertz CT molecular complexity index is 2020. The van der Waals surface area contributed by atoms with Crippen molar-refractivity contribution >= 4 is 65.4 Å². The molecule has 0 amide bonds. The fourth-order valence-electron chi connectivity index (χ4n) is 6.79. The monoisotopic (exact) mass is 569 g/mol. The third kappa shape index (κ3) is 4.53. The first-order valence-electron chi connectivity index (χ1n) is 16.3. The molecular formula is C39H45N4+. The van der Waals surface area contributed by atoms with Gasteiger partial charge in [0.25, 0.3) is 0 Å². The molecule has 0 atom stereocenters. The second-order valence-electron chi connectivity index (χ2n) is 14.8. The molecule has 220 valence electrons. The molecule has 43 heavy (non-hydrogen) atoms. The highest BCUT2D eigenvalue weighted by Gasteiger charge is 2.24. The molecule has 0 fully saturated rings. The number of aryl methyl sites for hydroxylation is 2. The number of fused-ring (bicyclic) bond motifs is 5. The van der Waals surface area contributed by atoms with Crippen molar-refractivity contribution in [2.24, 2.45) is 0 Å². The van der Waals surface area contributed by atoms with Crippen LogP contribution < -0.4 is 4.57 Å². The molecule has 0 aliphatic heterocycles. The molecule has 0 saturated carbocycles. The Morgan fingerprint density at radius 3 is 1.72 bits per heavy atom. The first kappa shape index (κ1) is 28.0. The summed E-state index contributed by atoms with van der Waals surface area (Å²) in [6.45, 7) is 20.4. The lowest BCUT2D eigenvalue weighted by molar-refractivity contribution is -0.672. The molecule has 5 aromatic carbocycles. The number of aromatic nitrogens is 4. The molecule has 0 aliphatic carbocycles. The smallest absolute Gasteiger partial charge is 0.244 e. The molecule has 2 aromatic heterocycles. The highest BCUT2D eigenvalue weighted by atomic mass is 15.1. The van der Waals surface area contributed by atoms with Gasteiger partial charge in [-0.1, -0.05) is 92.5 Å². The SMILES string of the molecule is CCCCn1c[n+](CCCC)c2cc3nc4c5cc(C(C)(C)C)cc6ccc7cc(C(C)(C)C)cc(c4nc3cc21)c7c65. The van der Waals surface area contributed by atoms with Crippen molar-refractivity contribution in [2.75, 3.05) is 0 Å². The van der Waals surface area contributed by atoms with Gasteiger partial charge in [0.1, 0.15) is 0 Å². The summed E-state index contributed by atoms with van der Waals surface area (Å²) < 4.78 is 4.86. The largest absolute Gasteiger partial charge is 0.244 e. The van der Waals surface area contributed by atoms with Gasteiger partial charge in [-0.05, 0) is 68.5 Å². The minimum Gasteiger partial charge on any atom is -0.244 e. The zero-order chi connectivity index (χ0) is 30.3. The number of rotatable bonds is 6. The van der Waals surface area contributed by atoms with Gasteiger partial charge in [-0.2, -0.15) is 0 Å². The van der Waals surface area contributed by atoms with Crippen LogP contribution in [0, 0.1) is 0 Å². The second kappa shape index (κ2) is 9.87. The van der Waals surface area contributed by atoms with Crippen LogP contribution in [0.25, 0.3) is 65.4 Å². The third-order valence-electron chi connectivity index (χ3n) is 9.44. The highest BCUT2D eigenvalue weighted by molar-refractivity contribution is 6.33. The van der Waals surface area contributed by atoms with Gasteiger partial charge in [0.2, 0.25) is 6.33 Å². The first-order valence-corrected chi connectivity index (χ1v) is 16.3. The van der Waals surface area contributed by atoms with Gasteiger partial charge in [0, 0.05) is 22.9 Å². The van der Waals surface area contributed by atoms with Gasteiger partial charge in [-0.3, -0.25) is 0 Å². The molecule has 0 N–H and O–H groups in total. The number of benzene rings is 5. The average molecular weight is 570 g/mol. The fourth-order valence-corrected chi connectivity index (χ4v) is 6.79. The quantitative estimate of drug-likeness (QED) is 0.113. The van der Waals surface area contributed by atoms with Gasteiger partial charge in [0.05, 0.1) is 35.2 Å². The number of hydrogen-bond acceptors (Lipinski definition) is 2. The summed E-state index contributed by atoms with van der Waals surface area (Å²) in [6, 6.07) is 18.8. The molecule has 2 heterocycles. The number of hydrogen-bond donors (Lipinski definition) is 0. The second-order valence-corrected chi connectivity index (χ2v) is 14.8. The Balaban J connectivity index is 1.64. The standard InChI is InChI=1S/C39H45N4/c1-9-11-15-42-23-43(16-12-10-2)33-22-31-30(21-32(33)42)40-36-28-19-26(38(3,4)5)17-24-13-14-25-18-27(39(6,7)8)20-29(37(36)41-31)35(25)34(24)28/h13-14,17-23H,9-12,15-16H2,1-8H3/q+1. The van der Waals surface area contributed by atoms with Crippen molar-refractivity contribution in [1.29, 1.82) is 0 Å². The predicted octanol–water partition coefficient (Wildman–Crippen LogP) is 10.1. The number of nitrogens with zero attached hydrogens (tertiary/aromatic N) is 4. The zero-order valence-corrected chi connectivity index (χ0v) is 27.2. The van der Waals surface area contributed by atoms with E-state index < -0.39 is 0 Å². The van der Waals surface area contributed by atoms with Gasteiger partial charge in [-0.25, -0.2) is 19.1 Å². The van der Waals surface area contributed by atoms with Gasteiger partial charge in [-0.15, -0.1) is 0 Å². The Hall–Kier alpha value is -3.79. The van der Waals surface area contributed by atoms with E-state index in [4.69, 9.17) is 9.97 Å². The van der Waals surface area contributed by atoms with Crippen molar-refractivity contribution in [1.82, 2.24) is 14.5 Å². The normalized spacial score (nSPS) is 13.2. The van der Waals surface area contributed by atoms with Gasteiger partial charge >= 0.3 is 0 Å². The summed E-state index contributed by atoms with van der Waals surface area (Å²) >= 11 is 0. The maximum Gasteiger partial charge on any atom is 0.244 e. The molecular weight excluding hydrogens is 524 g/mol. The topological polar surface area (TPSA) is 34.6 Å². The van der Waals surface area contributed by atoms with E-state index >= 15 is 0 Å². The van der Waals surface area contributed by atoms with E-state index in [0.29, 0.717) is 0 Å². The first-order chi connectivity index (χ1) is 20.5. The van der Waals surface area contributed by atoms with Crippen molar-refractivity contribution in [3.8, 4) is 0 Å². The van der Waals surface area contributed by atoms with Crippen LogP contribution in [0.3, 0.4) is 0 Å². The van der Waals surface area contributed by atoms with Crippen LogP contribution in [0.4, 0.5) is 0 Å². The summed E-state index contributed by atoms with van der Waals surface area (Å²) in [7, 11) is 0. The van der Waals surface area contributed by atoms with Crippen LogP contribution in [0.2, 0.25) is 0 Å². The summed E-state index contributed by atoms with van der Waals surface area (Å²) in [5.41, 5.74) is 9.21. The van der Waals surface area contributed by atoms with Crippen LogP contribution in [-0.4, -0.2) is 14.5 Å². The molecule has 7 aromatic rings. The van der Waals surface area contributed by atoms with Crippen molar-refractivity contribution in [3.05, 3.63) is 66.0 Å². The molecule has 0 unspecified atom stereocenters. The van der Waals surface area contributed by atoms with Crippen molar-refractivity contribution in [2.45, 2.75) is 105 Å². The van der Waals surface area contributed by atoms with Crippen LogP contribution in [-0.2, 0) is 23.9 Å². The Morgan fingerprint density at radius 2 is 1.21 bits per heavy atom. The molecule has 0 aliphatic rings. The van der Waals surface area contributed by atoms with Gasteiger partial charge < -0.3 is 0 Å². The molecule has 0 radical (unpaired) electrons. The van der Waals surface area contributed by atoms with Crippen molar-refractivity contribution < 1.29 is 4.57 Å². The van der Waals surface area contributed by atoms with E-state index in [1.165, 1.54) is 80.2 Å². The Labute approximate surface area is 255 Å². The van der Waals surface area contributed by atoms with Crippen LogP contribution >= 0.6 is 0 Å². The number of imidazole rings is 1. The maximum absolute atomic E-state index is 5.50. The molecule has 4 nitrogen and oxygen atoms in total. The summed E-state index contributed by atoms with van der Waals surface area (Å²) in [5.74, 6) is 0. The predicted molar refractivity (Wildman–Crippen MR) is 184 cm³/mol. The molecule has 0 bridgehead atoms. The highest BCUT2D eigenvalue weighted by Crippen LogP contribution is 2.44. The molecule has 0 saturated heterocycles. The lowest BCUT2D eigenvalue weighted by Gasteiger charge is -2.24.